The van der Waals surface area contributed by atoms with Gasteiger partial charge in [0.1, 0.15) is 10.6 Å². The largest absolute Gasteiger partial charge is 0.495 e. The van der Waals surface area contributed by atoms with Crippen LogP contribution in [0.25, 0.3) is 0 Å². The summed E-state index contributed by atoms with van der Waals surface area (Å²) in [5.41, 5.74) is 0.857. The first-order chi connectivity index (χ1) is 9.10. The van der Waals surface area contributed by atoms with E-state index in [1.54, 1.807) is 31.4 Å². The van der Waals surface area contributed by atoms with E-state index in [4.69, 9.17) is 21.4 Å². The van der Waals surface area contributed by atoms with E-state index in [1.807, 2.05) is 6.07 Å². The summed E-state index contributed by atoms with van der Waals surface area (Å²) in [4.78, 5) is 12.0. The van der Waals surface area contributed by atoms with Crippen molar-refractivity contribution in [3.8, 4) is 5.75 Å². The number of rotatable bonds is 5. The number of thiophene rings is 1. The Labute approximate surface area is 119 Å². The Morgan fingerprint density at radius 3 is 2.79 bits per heavy atom. The number of methoxy groups -OCH3 is 1. The zero-order chi connectivity index (χ0) is 13.8. The van der Waals surface area contributed by atoms with Crippen molar-refractivity contribution < 1.29 is 14.6 Å². The molecule has 0 spiro atoms. The molecule has 0 bridgehead atoms. The van der Waals surface area contributed by atoms with E-state index >= 15 is 0 Å². The molecule has 0 radical (unpaired) electrons. The van der Waals surface area contributed by atoms with Gasteiger partial charge in [0.05, 0.1) is 12.1 Å². The maximum atomic E-state index is 10.8. The van der Waals surface area contributed by atoms with E-state index in [9.17, 15) is 4.79 Å². The van der Waals surface area contributed by atoms with Crippen LogP contribution in [0.4, 0.5) is 5.69 Å². The molecule has 4 nitrogen and oxygen atoms in total. The van der Waals surface area contributed by atoms with Gasteiger partial charge in [-0.25, -0.2) is 4.79 Å². The molecule has 1 aromatic heterocycles. The maximum absolute atomic E-state index is 10.8. The Bertz CT molecular complexity index is 597. The van der Waals surface area contributed by atoms with Crippen LogP contribution in [-0.2, 0) is 6.54 Å². The molecule has 0 saturated heterocycles. The predicted octanol–water partition coefficient (Wildman–Crippen LogP) is 3.72. The highest BCUT2D eigenvalue weighted by molar-refractivity contribution is 7.13. The van der Waals surface area contributed by atoms with E-state index in [0.29, 0.717) is 22.2 Å². The second kappa shape index (κ2) is 5.95. The fraction of sp³-hybridized carbons (Fsp3) is 0.154. The lowest BCUT2D eigenvalue weighted by molar-refractivity contribution is 0.0702. The van der Waals surface area contributed by atoms with Gasteiger partial charge in [0.15, 0.2) is 0 Å². The lowest BCUT2D eigenvalue weighted by Gasteiger charge is -2.07. The highest BCUT2D eigenvalue weighted by Gasteiger charge is 2.07. The van der Waals surface area contributed by atoms with Gasteiger partial charge in [-0.05, 0) is 30.3 Å². The zero-order valence-electron chi connectivity index (χ0n) is 10.1. The molecule has 0 saturated carbocycles. The predicted molar refractivity (Wildman–Crippen MR) is 76.6 cm³/mol. The molecule has 1 heterocycles. The van der Waals surface area contributed by atoms with Gasteiger partial charge in [0.25, 0.3) is 0 Å². The third-order valence-corrected chi connectivity index (χ3v) is 3.86. The Morgan fingerprint density at radius 1 is 1.42 bits per heavy atom. The van der Waals surface area contributed by atoms with Crippen LogP contribution in [-0.4, -0.2) is 18.2 Å². The number of carbonyl (C=O) groups is 1. The van der Waals surface area contributed by atoms with Crippen LogP contribution in [0.5, 0.6) is 5.75 Å². The number of nitrogens with one attached hydrogen (secondary N) is 1. The van der Waals surface area contributed by atoms with Crippen molar-refractivity contribution >= 4 is 34.6 Å². The summed E-state index contributed by atoms with van der Waals surface area (Å²) in [7, 11) is 1.56. The molecule has 2 aromatic rings. The Hall–Kier alpha value is -1.72. The van der Waals surface area contributed by atoms with Crippen molar-refractivity contribution in [2.24, 2.45) is 0 Å². The van der Waals surface area contributed by atoms with Gasteiger partial charge in [0.2, 0.25) is 0 Å². The molecule has 0 aliphatic heterocycles. The minimum atomic E-state index is -0.899. The number of anilines is 1. The molecule has 19 heavy (non-hydrogen) atoms. The summed E-state index contributed by atoms with van der Waals surface area (Å²) < 4.78 is 5.07. The number of carboxylic acids is 1. The van der Waals surface area contributed by atoms with Crippen LogP contribution in [0.2, 0.25) is 5.02 Å². The Kier molecular flexibility index (Phi) is 4.29. The third kappa shape index (κ3) is 3.39. The molecule has 2 N–H and O–H groups in total. The first-order valence-electron chi connectivity index (χ1n) is 5.49. The van der Waals surface area contributed by atoms with Crippen LogP contribution < -0.4 is 10.1 Å². The molecule has 6 heteroatoms. The van der Waals surface area contributed by atoms with E-state index in [1.165, 1.54) is 11.3 Å². The molecule has 1 aromatic carbocycles. The van der Waals surface area contributed by atoms with Crippen molar-refractivity contribution in [3.05, 3.63) is 45.1 Å². The molecule has 0 aliphatic rings. The average molecular weight is 298 g/mol. The molecule has 0 unspecified atom stereocenters. The fourth-order valence-electron chi connectivity index (χ4n) is 1.55. The number of benzene rings is 1. The second-order valence-electron chi connectivity index (χ2n) is 3.77. The van der Waals surface area contributed by atoms with E-state index < -0.39 is 5.97 Å². The van der Waals surface area contributed by atoms with Crippen molar-refractivity contribution in [3.63, 3.8) is 0 Å². The van der Waals surface area contributed by atoms with Gasteiger partial charge in [-0.2, -0.15) is 0 Å². The Morgan fingerprint density at radius 2 is 2.21 bits per heavy atom. The van der Waals surface area contributed by atoms with Crippen LogP contribution in [0.3, 0.4) is 0 Å². The standard InChI is InChI=1S/C13H12ClNO3S/c1-18-11-4-2-8(6-10(11)14)15-7-9-3-5-12(19-9)13(16)17/h2-6,15H,7H2,1H3,(H,16,17). The first kappa shape index (κ1) is 13.7. The van der Waals surface area contributed by atoms with Gasteiger partial charge in [-0.1, -0.05) is 11.6 Å². The number of carboxylic acid groups (broad SMARTS) is 1. The lowest BCUT2D eigenvalue weighted by atomic mass is 10.3. The monoisotopic (exact) mass is 297 g/mol. The number of halogens is 1. The second-order valence-corrected chi connectivity index (χ2v) is 5.35. The topological polar surface area (TPSA) is 58.6 Å². The summed E-state index contributed by atoms with van der Waals surface area (Å²) in [5, 5.41) is 12.6. The maximum Gasteiger partial charge on any atom is 0.345 e. The van der Waals surface area contributed by atoms with Crippen molar-refractivity contribution in [1.29, 1.82) is 0 Å². The molecule has 0 atom stereocenters. The van der Waals surface area contributed by atoms with E-state index in [2.05, 4.69) is 5.32 Å². The number of hydrogen-bond donors (Lipinski definition) is 2. The molecule has 100 valence electrons. The van der Waals surface area contributed by atoms with Crippen molar-refractivity contribution in [1.82, 2.24) is 0 Å². The Balaban J connectivity index is 2.01. The van der Waals surface area contributed by atoms with Gasteiger partial charge >= 0.3 is 5.97 Å². The van der Waals surface area contributed by atoms with Gasteiger partial charge in [-0.15, -0.1) is 11.3 Å². The number of ether oxygens (including phenoxy) is 1. The highest BCUT2D eigenvalue weighted by atomic mass is 35.5. The van der Waals surface area contributed by atoms with Crippen LogP contribution in [0.15, 0.2) is 30.3 Å². The summed E-state index contributed by atoms with van der Waals surface area (Å²) in [6, 6.07) is 8.81. The van der Waals surface area contributed by atoms with Crippen LogP contribution >= 0.6 is 22.9 Å². The number of hydrogen-bond acceptors (Lipinski definition) is 4. The summed E-state index contributed by atoms with van der Waals surface area (Å²) in [6.45, 7) is 0.556. The van der Waals surface area contributed by atoms with Gasteiger partial charge in [0, 0.05) is 17.1 Å². The lowest BCUT2D eigenvalue weighted by Crippen LogP contribution is -1.97. The molecule has 2 rings (SSSR count). The van der Waals surface area contributed by atoms with Crippen molar-refractivity contribution in [2.45, 2.75) is 6.54 Å². The summed E-state index contributed by atoms with van der Waals surface area (Å²) in [5.74, 6) is -0.278. The van der Waals surface area contributed by atoms with Crippen LogP contribution in [0, 0.1) is 0 Å². The van der Waals surface area contributed by atoms with Gasteiger partial charge in [-0.3, -0.25) is 0 Å². The fourth-order valence-corrected chi connectivity index (χ4v) is 2.60. The molecule has 0 amide bonds. The van der Waals surface area contributed by atoms with E-state index in [-0.39, 0.29) is 0 Å². The summed E-state index contributed by atoms with van der Waals surface area (Å²) in [6.07, 6.45) is 0. The average Bonchev–Trinajstić information content (AvgIpc) is 2.85. The number of aromatic carboxylic acids is 1. The van der Waals surface area contributed by atoms with E-state index in [0.717, 1.165) is 10.6 Å². The molecular weight excluding hydrogens is 286 g/mol. The first-order valence-corrected chi connectivity index (χ1v) is 6.69. The molecule has 0 aliphatic carbocycles. The minimum Gasteiger partial charge on any atom is -0.495 e. The zero-order valence-corrected chi connectivity index (χ0v) is 11.7. The highest BCUT2D eigenvalue weighted by Crippen LogP contribution is 2.27. The summed E-state index contributed by atoms with van der Waals surface area (Å²) >= 11 is 7.27. The quantitative estimate of drug-likeness (QED) is 0.883. The van der Waals surface area contributed by atoms with Crippen LogP contribution in [0.1, 0.15) is 14.5 Å². The van der Waals surface area contributed by atoms with Crippen molar-refractivity contribution in [2.75, 3.05) is 12.4 Å². The van der Waals surface area contributed by atoms with Gasteiger partial charge < -0.3 is 15.2 Å². The SMILES string of the molecule is COc1ccc(NCc2ccc(C(=O)O)s2)cc1Cl. The molecule has 0 fully saturated rings. The smallest absolute Gasteiger partial charge is 0.345 e. The normalized spacial score (nSPS) is 10.2. The minimum absolute atomic E-state index is 0.338. The third-order valence-electron chi connectivity index (χ3n) is 2.49. The molecular formula is C13H12ClNO3S.